The van der Waals surface area contributed by atoms with Gasteiger partial charge >= 0.3 is 6.36 Å². The number of rotatable bonds is 4. The smallest absolute Gasteiger partial charge is 0.406 e. The minimum absolute atomic E-state index is 0.288. The van der Waals surface area contributed by atoms with Crippen molar-refractivity contribution in [1.29, 1.82) is 0 Å². The quantitative estimate of drug-likeness (QED) is 0.659. The summed E-state index contributed by atoms with van der Waals surface area (Å²) >= 11 is 0. The zero-order valence-corrected chi connectivity index (χ0v) is 13.3. The van der Waals surface area contributed by atoms with Gasteiger partial charge in [0.05, 0.1) is 0 Å². The molecule has 3 aromatic rings. The summed E-state index contributed by atoms with van der Waals surface area (Å²) in [6, 6.07) is 10.7. The first-order valence-electron chi connectivity index (χ1n) is 7.58. The molecule has 0 aliphatic carbocycles. The normalized spacial score (nSPS) is 10.9. The Morgan fingerprint density at radius 1 is 1.08 bits per heavy atom. The van der Waals surface area contributed by atoms with Gasteiger partial charge in [0.25, 0.3) is 0 Å². The van der Waals surface area contributed by atoms with Crippen molar-refractivity contribution in [3.05, 3.63) is 60.2 Å². The van der Waals surface area contributed by atoms with Gasteiger partial charge < -0.3 is 9.26 Å². The lowest BCUT2D eigenvalue weighted by atomic mass is 10.2. The summed E-state index contributed by atoms with van der Waals surface area (Å²) in [4.78, 5) is 8.30. The number of hydrogen-bond donors (Lipinski definition) is 0. The van der Waals surface area contributed by atoms with Crippen LogP contribution in [0, 0.1) is 11.8 Å². The molecule has 5 nitrogen and oxygen atoms in total. The summed E-state index contributed by atoms with van der Waals surface area (Å²) < 4.78 is 45.4. The van der Waals surface area contributed by atoms with Crippen molar-refractivity contribution >= 4 is 0 Å². The zero-order valence-electron chi connectivity index (χ0n) is 13.3. The summed E-state index contributed by atoms with van der Waals surface area (Å²) in [5.74, 6) is 6.26. The lowest BCUT2D eigenvalue weighted by Crippen LogP contribution is -2.16. The second-order valence-corrected chi connectivity index (χ2v) is 5.10. The van der Waals surface area contributed by atoms with Gasteiger partial charge in [0.1, 0.15) is 11.4 Å². The van der Waals surface area contributed by atoms with Crippen LogP contribution >= 0.6 is 0 Å². The van der Waals surface area contributed by atoms with E-state index < -0.39 is 6.36 Å². The number of hydrogen-bond acceptors (Lipinski definition) is 5. The molecule has 0 saturated carbocycles. The SMILES string of the molecule is FC(F)(F)Oc1ccc(-c2noc(CCC#Cc3ccccn3)n2)cc1. The van der Waals surface area contributed by atoms with E-state index in [1.54, 1.807) is 6.20 Å². The second-order valence-electron chi connectivity index (χ2n) is 5.10. The molecule has 0 atom stereocenters. The molecule has 2 aromatic heterocycles. The fourth-order valence-corrected chi connectivity index (χ4v) is 2.04. The monoisotopic (exact) mass is 359 g/mol. The Morgan fingerprint density at radius 2 is 1.88 bits per heavy atom. The molecule has 0 spiro atoms. The van der Waals surface area contributed by atoms with Gasteiger partial charge in [-0.05, 0) is 42.3 Å². The van der Waals surface area contributed by atoms with Crippen LogP contribution in [0.2, 0.25) is 0 Å². The molecule has 0 N–H and O–H groups in total. The summed E-state index contributed by atoms with van der Waals surface area (Å²) in [6.07, 6.45) is -2.09. The topological polar surface area (TPSA) is 61.0 Å². The van der Waals surface area contributed by atoms with E-state index in [9.17, 15) is 13.2 Å². The van der Waals surface area contributed by atoms with E-state index in [1.165, 1.54) is 24.3 Å². The van der Waals surface area contributed by atoms with E-state index in [-0.39, 0.29) is 11.6 Å². The molecule has 0 bridgehead atoms. The number of ether oxygens (including phenoxy) is 1. The molecule has 0 amide bonds. The number of nitrogens with zero attached hydrogens (tertiary/aromatic N) is 3. The lowest BCUT2D eigenvalue weighted by Gasteiger charge is -2.08. The average Bonchev–Trinajstić information content (AvgIpc) is 3.08. The molecule has 0 aliphatic rings. The van der Waals surface area contributed by atoms with Gasteiger partial charge in [-0.3, -0.25) is 0 Å². The van der Waals surface area contributed by atoms with E-state index >= 15 is 0 Å². The molecule has 0 fully saturated rings. The van der Waals surface area contributed by atoms with Crippen LogP contribution in [0.15, 0.2) is 53.2 Å². The molecule has 0 saturated heterocycles. The number of alkyl halides is 3. The Balaban J connectivity index is 1.58. The first kappa shape index (κ1) is 17.5. The van der Waals surface area contributed by atoms with Crippen molar-refractivity contribution in [3.8, 4) is 29.0 Å². The number of halogens is 3. The molecule has 1 aromatic carbocycles. The molecule has 26 heavy (non-hydrogen) atoms. The van der Waals surface area contributed by atoms with Crippen LogP contribution in [-0.4, -0.2) is 21.5 Å². The Morgan fingerprint density at radius 3 is 2.58 bits per heavy atom. The van der Waals surface area contributed by atoms with E-state index in [0.29, 0.717) is 30.0 Å². The van der Waals surface area contributed by atoms with Crippen LogP contribution in [0.3, 0.4) is 0 Å². The van der Waals surface area contributed by atoms with Crippen LogP contribution in [0.4, 0.5) is 13.2 Å². The Hall–Kier alpha value is -3.34. The second kappa shape index (κ2) is 7.70. The van der Waals surface area contributed by atoms with E-state index in [0.717, 1.165) is 0 Å². The van der Waals surface area contributed by atoms with Gasteiger partial charge in [-0.1, -0.05) is 17.1 Å². The third-order valence-corrected chi connectivity index (χ3v) is 3.16. The standard InChI is InChI=1S/C18H12F3N3O2/c19-18(20,21)25-15-10-8-13(9-11-15)17-23-16(26-24-17)7-2-1-5-14-6-3-4-12-22-14/h3-4,6,8-12H,2,7H2. The Labute approximate surface area is 146 Å². The van der Waals surface area contributed by atoms with Crippen LogP contribution in [0.1, 0.15) is 18.0 Å². The lowest BCUT2D eigenvalue weighted by molar-refractivity contribution is -0.274. The predicted octanol–water partition coefficient (Wildman–Crippen LogP) is 4.01. The summed E-state index contributed by atoms with van der Waals surface area (Å²) in [5, 5.41) is 3.82. The Kier molecular flexibility index (Phi) is 5.17. The van der Waals surface area contributed by atoms with Crippen molar-refractivity contribution in [2.24, 2.45) is 0 Å². The first-order chi connectivity index (χ1) is 12.5. The van der Waals surface area contributed by atoms with Crippen molar-refractivity contribution in [1.82, 2.24) is 15.1 Å². The molecule has 0 aliphatic heterocycles. The molecule has 3 rings (SSSR count). The van der Waals surface area contributed by atoms with Crippen LogP contribution in [0.5, 0.6) is 5.75 Å². The molecule has 0 unspecified atom stereocenters. The summed E-state index contributed by atoms with van der Waals surface area (Å²) in [5.41, 5.74) is 1.20. The van der Waals surface area contributed by atoms with Crippen molar-refractivity contribution in [2.75, 3.05) is 0 Å². The first-order valence-corrected chi connectivity index (χ1v) is 7.58. The third-order valence-electron chi connectivity index (χ3n) is 3.16. The van der Waals surface area contributed by atoms with Gasteiger partial charge in [0.15, 0.2) is 0 Å². The maximum absolute atomic E-state index is 12.1. The highest BCUT2D eigenvalue weighted by atomic mass is 19.4. The summed E-state index contributed by atoms with van der Waals surface area (Å²) in [6.45, 7) is 0. The molecule has 8 heteroatoms. The summed E-state index contributed by atoms with van der Waals surface area (Å²) in [7, 11) is 0. The molecular weight excluding hydrogens is 347 g/mol. The molecular formula is C18H12F3N3O2. The minimum atomic E-state index is -4.73. The number of aryl methyl sites for hydroxylation is 1. The maximum Gasteiger partial charge on any atom is 0.573 e. The van der Waals surface area contributed by atoms with Gasteiger partial charge in [0, 0.05) is 24.6 Å². The number of aromatic nitrogens is 3. The van der Waals surface area contributed by atoms with Crippen molar-refractivity contribution < 1.29 is 22.4 Å². The number of benzene rings is 1. The Bertz CT molecular complexity index is 911. The zero-order chi connectivity index (χ0) is 18.4. The fraction of sp³-hybridized carbons (Fsp3) is 0.167. The van der Waals surface area contributed by atoms with Crippen LogP contribution < -0.4 is 4.74 Å². The minimum Gasteiger partial charge on any atom is -0.406 e. The van der Waals surface area contributed by atoms with Crippen molar-refractivity contribution in [3.63, 3.8) is 0 Å². The van der Waals surface area contributed by atoms with Gasteiger partial charge in [0.2, 0.25) is 11.7 Å². The molecule has 2 heterocycles. The van der Waals surface area contributed by atoms with Gasteiger partial charge in [-0.2, -0.15) is 4.98 Å². The highest BCUT2D eigenvalue weighted by molar-refractivity contribution is 5.55. The average molecular weight is 359 g/mol. The number of pyridine rings is 1. The maximum atomic E-state index is 12.1. The highest BCUT2D eigenvalue weighted by Crippen LogP contribution is 2.25. The van der Waals surface area contributed by atoms with Gasteiger partial charge in [-0.15, -0.1) is 13.2 Å². The molecule has 0 radical (unpaired) electrons. The van der Waals surface area contributed by atoms with Crippen LogP contribution in [0.25, 0.3) is 11.4 Å². The fourth-order valence-electron chi connectivity index (χ4n) is 2.04. The van der Waals surface area contributed by atoms with E-state index in [4.69, 9.17) is 4.52 Å². The van der Waals surface area contributed by atoms with E-state index in [1.807, 2.05) is 18.2 Å². The van der Waals surface area contributed by atoms with Crippen LogP contribution in [-0.2, 0) is 6.42 Å². The highest BCUT2D eigenvalue weighted by Gasteiger charge is 2.31. The third kappa shape index (κ3) is 5.08. The van der Waals surface area contributed by atoms with Crippen molar-refractivity contribution in [2.45, 2.75) is 19.2 Å². The van der Waals surface area contributed by atoms with Gasteiger partial charge in [-0.25, -0.2) is 4.98 Å². The predicted molar refractivity (Wildman–Crippen MR) is 85.9 cm³/mol. The largest absolute Gasteiger partial charge is 0.573 e. The van der Waals surface area contributed by atoms with E-state index in [2.05, 4.69) is 31.7 Å². The molecule has 132 valence electrons.